The van der Waals surface area contributed by atoms with E-state index in [9.17, 15) is 8.78 Å². The number of aromatic nitrogens is 2. The molecule has 3 rings (SSSR count). The van der Waals surface area contributed by atoms with Gasteiger partial charge >= 0.3 is 6.55 Å². The number of halogens is 2. The lowest BCUT2D eigenvalue weighted by molar-refractivity contribution is 0.0603. The average molecular weight is 322 g/mol. The maximum Gasteiger partial charge on any atom is 0.319 e. The molecule has 1 saturated heterocycles. The number of methoxy groups -OCH3 is 1. The summed E-state index contributed by atoms with van der Waals surface area (Å²) in [5.41, 5.74) is 1.05. The summed E-state index contributed by atoms with van der Waals surface area (Å²) in [5.74, 6) is 1.19. The van der Waals surface area contributed by atoms with Crippen LogP contribution in [0.25, 0.3) is 0 Å². The number of piperazine rings is 1. The highest BCUT2D eigenvalue weighted by atomic mass is 19.3. The highest BCUT2D eigenvalue weighted by Gasteiger charge is 2.27. The Morgan fingerprint density at radius 2 is 2.22 bits per heavy atom. The van der Waals surface area contributed by atoms with E-state index < -0.39 is 6.55 Å². The summed E-state index contributed by atoms with van der Waals surface area (Å²) < 4.78 is 32.4. The fraction of sp³-hybridized carbons (Fsp3) is 0.438. The van der Waals surface area contributed by atoms with Crippen LogP contribution < -0.4 is 10.1 Å². The van der Waals surface area contributed by atoms with Gasteiger partial charge in [-0.15, -0.1) is 0 Å². The van der Waals surface area contributed by atoms with Crippen LogP contribution in [0.5, 0.6) is 5.75 Å². The highest BCUT2D eigenvalue weighted by molar-refractivity contribution is 5.36. The smallest absolute Gasteiger partial charge is 0.319 e. The molecule has 0 amide bonds. The molecular formula is C16H20F2N4O. The number of para-hydroxylation sites is 1. The molecule has 0 aliphatic carbocycles. The lowest BCUT2D eigenvalue weighted by Gasteiger charge is -2.36. The number of nitrogens with one attached hydrogen (secondary N) is 1. The van der Waals surface area contributed by atoms with Crippen molar-refractivity contribution in [1.29, 1.82) is 0 Å². The molecule has 1 aliphatic rings. The van der Waals surface area contributed by atoms with Gasteiger partial charge in [-0.25, -0.2) is 4.98 Å². The second-order valence-corrected chi connectivity index (χ2v) is 5.46. The molecule has 1 aromatic heterocycles. The highest BCUT2D eigenvalue weighted by Crippen LogP contribution is 2.31. The van der Waals surface area contributed by atoms with Gasteiger partial charge in [0, 0.05) is 37.6 Å². The Morgan fingerprint density at radius 3 is 3.00 bits per heavy atom. The van der Waals surface area contributed by atoms with Crippen molar-refractivity contribution in [3.63, 3.8) is 0 Å². The number of hydrogen-bond acceptors (Lipinski definition) is 4. The second kappa shape index (κ2) is 7.06. The van der Waals surface area contributed by atoms with E-state index in [2.05, 4.69) is 15.2 Å². The number of ether oxygens (including phenoxy) is 1. The molecule has 1 atom stereocenters. The van der Waals surface area contributed by atoms with Crippen LogP contribution >= 0.6 is 0 Å². The molecule has 0 spiro atoms. The van der Waals surface area contributed by atoms with Gasteiger partial charge in [0.1, 0.15) is 11.6 Å². The summed E-state index contributed by atoms with van der Waals surface area (Å²) >= 11 is 0. The summed E-state index contributed by atoms with van der Waals surface area (Å²) in [6, 6.07) is 7.88. The Kier molecular flexibility index (Phi) is 4.88. The van der Waals surface area contributed by atoms with Gasteiger partial charge in [-0.2, -0.15) is 8.78 Å². The average Bonchev–Trinajstić information content (AvgIpc) is 3.04. The quantitative estimate of drug-likeness (QED) is 0.918. The standard InChI is InChI=1S/C16H20F2N4O/c1-23-14-5-3-2-4-12(14)13-10-19-6-8-21(13)11-15-20-7-9-22(15)16(17)18/h2-5,7,9,13,16,19H,6,8,10-11H2,1H3. The van der Waals surface area contributed by atoms with Gasteiger partial charge in [-0.05, 0) is 6.07 Å². The molecule has 1 aliphatic heterocycles. The van der Waals surface area contributed by atoms with Crippen molar-refractivity contribution in [2.45, 2.75) is 19.1 Å². The minimum Gasteiger partial charge on any atom is -0.496 e. The molecule has 7 heteroatoms. The third-order valence-corrected chi connectivity index (χ3v) is 4.16. The molecule has 0 saturated carbocycles. The van der Waals surface area contributed by atoms with Crippen molar-refractivity contribution < 1.29 is 13.5 Å². The van der Waals surface area contributed by atoms with E-state index in [-0.39, 0.29) is 6.04 Å². The number of rotatable bonds is 5. The predicted octanol–water partition coefficient (Wildman–Crippen LogP) is 2.43. The van der Waals surface area contributed by atoms with Gasteiger partial charge in [0.25, 0.3) is 0 Å². The first kappa shape index (κ1) is 15.9. The van der Waals surface area contributed by atoms with E-state index in [0.717, 1.165) is 35.5 Å². The van der Waals surface area contributed by atoms with Crippen LogP contribution in [-0.4, -0.2) is 41.2 Å². The molecule has 2 heterocycles. The van der Waals surface area contributed by atoms with Gasteiger partial charge in [0.2, 0.25) is 0 Å². The second-order valence-electron chi connectivity index (χ2n) is 5.46. The molecule has 1 aromatic carbocycles. The summed E-state index contributed by atoms with van der Waals surface area (Å²) in [6.45, 7) is 0.136. The number of alkyl halides is 2. The van der Waals surface area contributed by atoms with Gasteiger partial charge in [0.15, 0.2) is 0 Å². The first-order valence-electron chi connectivity index (χ1n) is 7.58. The van der Waals surface area contributed by atoms with E-state index in [1.165, 1.54) is 12.4 Å². The molecule has 0 radical (unpaired) electrons. The zero-order valence-electron chi connectivity index (χ0n) is 13.0. The number of nitrogens with zero attached hydrogens (tertiary/aromatic N) is 3. The minimum atomic E-state index is -2.57. The molecule has 124 valence electrons. The molecular weight excluding hydrogens is 302 g/mol. The van der Waals surface area contributed by atoms with E-state index in [0.29, 0.717) is 12.4 Å². The third-order valence-electron chi connectivity index (χ3n) is 4.16. The minimum absolute atomic E-state index is 0.0581. The number of hydrogen-bond donors (Lipinski definition) is 1. The van der Waals surface area contributed by atoms with Crippen molar-refractivity contribution in [3.8, 4) is 5.75 Å². The summed E-state index contributed by atoms with van der Waals surface area (Å²) in [7, 11) is 1.64. The molecule has 0 bridgehead atoms. The third kappa shape index (κ3) is 3.35. The van der Waals surface area contributed by atoms with Crippen molar-refractivity contribution in [2.24, 2.45) is 0 Å². The molecule has 1 fully saturated rings. The van der Waals surface area contributed by atoms with Crippen LogP contribution in [0.4, 0.5) is 8.78 Å². The number of benzene rings is 1. The molecule has 2 aromatic rings. The summed E-state index contributed by atoms with van der Waals surface area (Å²) in [4.78, 5) is 6.25. The van der Waals surface area contributed by atoms with Gasteiger partial charge in [-0.3, -0.25) is 9.47 Å². The van der Waals surface area contributed by atoms with E-state index in [4.69, 9.17) is 4.74 Å². The number of imidazole rings is 1. The van der Waals surface area contributed by atoms with Crippen LogP contribution in [-0.2, 0) is 6.54 Å². The van der Waals surface area contributed by atoms with Crippen molar-refractivity contribution >= 4 is 0 Å². The topological polar surface area (TPSA) is 42.3 Å². The fourth-order valence-corrected chi connectivity index (χ4v) is 3.01. The first-order chi connectivity index (χ1) is 11.2. The van der Waals surface area contributed by atoms with Crippen molar-refractivity contribution in [1.82, 2.24) is 19.8 Å². The summed E-state index contributed by atoms with van der Waals surface area (Å²) in [5, 5.41) is 3.36. The monoisotopic (exact) mass is 322 g/mol. The van der Waals surface area contributed by atoms with E-state index in [1.807, 2.05) is 24.3 Å². The van der Waals surface area contributed by atoms with Crippen LogP contribution in [0.2, 0.25) is 0 Å². The van der Waals surface area contributed by atoms with Crippen LogP contribution in [0.3, 0.4) is 0 Å². The maximum absolute atomic E-state index is 13.0. The zero-order chi connectivity index (χ0) is 16.2. The zero-order valence-corrected chi connectivity index (χ0v) is 13.0. The lowest BCUT2D eigenvalue weighted by atomic mass is 10.0. The fourth-order valence-electron chi connectivity index (χ4n) is 3.01. The Morgan fingerprint density at radius 1 is 1.39 bits per heavy atom. The van der Waals surface area contributed by atoms with Gasteiger partial charge in [0.05, 0.1) is 19.7 Å². The SMILES string of the molecule is COc1ccccc1C1CNCCN1Cc1nccn1C(F)F. The lowest BCUT2D eigenvalue weighted by Crippen LogP contribution is -2.46. The first-order valence-corrected chi connectivity index (χ1v) is 7.58. The Balaban J connectivity index is 1.86. The van der Waals surface area contributed by atoms with Crippen LogP contribution in [0, 0.1) is 0 Å². The van der Waals surface area contributed by atoms with E-state index in [1.54, 1.807) is 7.11 Å². The van der Waals surface area contributed by atoms with E-state index >= 15 is 0 Å². The predicted molar refractivity (Wildman–Crippen MR) is 82.5 cm³/mol. The molecule has 1 N–H and O–H groups in total. The largest absolute Gasteiger partial charge is 0.496 e. The Hall–Kier alpha value is -1.99. The summed E-state index contributed by atoms with van der Waals surface area (Å²) in [6.07, 6.45) is 2.74. The maximum atomic E-state index is 13.0. The van der Waals surface area contributed by atoms with Gasteiger partial charge in [-0.1, -0.05) is 18.2 Å². The Bertz CT molecular complexity index is 647. The molecule has 23 heavy (non-hydrogen) atoms. The molecule has 5 nitrogen and oxygen atoms in total. The normalized spacial score (nSPS) is 19.2. The molecule has 1 unspecified atom stereocenters. The van der Waals surface area contributed by atoms with Crippen molar-refractivity contribution in [3.05, 3.63) is 48.0 Å². The van der Waals surface area contributed by atoms with Gasteiger partial charge < -0.3 is 10.1 Å². The van der Waals surface area contributed by atoms with Crippen LogP contribution in [0.1, 0.15) is 24.0 Å². The van der Waals surface area contributed by atoms with Crippen molar-refractivity contribution in [2.75, 3.05) is 26.7 Å². The Labute approximate surface area is 133 Å². The van der Waals surface area contributed by atoms with Crippen LogP contribution in [0.15, 0.2) is 36.7 Å².